The van der Waals surface area contributed by atoms with E-state index in [-0.39, 0.29) is 17.2 Å². The van der Waals surface area contributed by atoms with Crippen molar-refractivity contribution in [2.75, 3.05) is 19.5 Å². The third-order valence-electron chi connectivity index (χ3n) is 2.98. The molecule has 2 aromatic rings. The van der Waals surface area contributed by atoms with Crippen molar-refractivity contribution in [2.24, 2.45) is 0 Å². The Morgan fingerprint density at radius 3 is 2.22 bits per heavy atom. The Kier molecular flexibility index (Phi) is 5.70. The van der Waals surface area contributed by atoms with Gasteiger partial charge in [-0.3, -0.25) is 4.98 Å². The highest BCUT2D eigenvalue weighted by Crippen LogP contribution is 2.41. The summed E-state index contributed by atoms with van der Waals surface area (Å²) in [6.45, 7) is 0. The van der Waals surface area contributed by atoms with Gasteiger partial charge in [0.1, 0.15) is 0 Å². The van der Waals surface area contributed by atoms with Crippen molar-refractivity contribution in [1.29, 1.82) is 0 Å². The van der Waals surface area contributed by atoms with E-state index in [1.54, 1.807) is 24.5 Å². The number of anilines is 1. The van der Waals surface area contributed by atoms with Crippen LogP contribution in [0.15, 0.2) is 36.7 Å². The number of aromatic nitrogens is 1. The summed E-state index contributed by atoms with van der Waals surface area (Å²) in [4.78, 5) is 13.0. The van der Waals surface area contributed by atoms with Gasteiger partial charge in [-0.2, -0.15) is 0 Å². The summed E-state index contributed by atoms with van der Waals surface area (Å²) in [6, 6.07) is 6.32. The minimum absolute atomic E-state index is 0.151. The van der Waals surface area contributed by atoms with Crippen molar-refractivity contribution in [3.8, 4) is 17.2 Å². The van der Waals surface area contributed by atoms with Crippen LogP contribution in [-0.2, 0) is 9.09 Å². The molecule has 0 radical (unpaired) electrons. The van der Waals surface area contributed by atoms with Gasteiger partial charge in [0.25, 0.3) is 0 Å². The van der Waals surface area contributed by atoms with E-state index < -0.39 is 14.5 Å². The van der Waals surface area contributed by atoms with Crippen molar-refractivity contribution in [2.45, 2.75) is 6.23 Å². The molecule has 8 nitrogen and oxygen atoms in total. The molecule has 3 N–H and O–H groups in total. The van der Waals surface area contributed by atoms with Gasteiger partial charge in [-0.25, -0.2) is 0 Å². The first-order valence-corrected chi connectivity index (χ1v) is 7.62. The highest BCUT2D eigenvalue weighted by Gasteiger charge is 2.27. The molecule has 1 heterocycles. The molecule has 0 aliphatic carbocycles. The number of nitrogens with one attached hydrogen (secondary N) is 1. The van der Waals surface area contributed by atoms with Crippen LogP contribution in [0.25, 0.3) is 0 Å². The molecule has 0 aliphatic rings. The van der Waals surface area contributed by atoms with E-state index in [0.29, 0.717) is 11.3 Å². The molecule has 23 heavy (non-hydrogen) atoms. The minimum Gasteiger partial charge on any atom is -0.502 e. The zero-order valence-corrected chi connectivity index (χ0v) is 13.4. The number of hydrogen-bond donors (Lipinski definition) is 3. The third-order valence-corrected chi connectivity index (χ3v) is 3.37. The van der Waals surface area contributed by atoms with Crippen molar-refractivity contribution in [1.82, 2.24) is 4.98 Å². The molecular formula is C14H16N2O6P+. The number of methoxy groups -OCH3 is 2. The molecule has 0 bridgehead atoms. The Morgan fingerprint density at radius 2 is 1.74 bits per heavy atom. The van der Waals surface area contributed by atoms with Crippen molar-refractivity contribution in [3.05, 3.63) is 42.2 Å². The fraction of sp³-hybridized carbons (Fsp3) is 0.214. The molecule has 122 valence electrons. The molecule has 2 unspecified atom stereocenters. The number of benzene rings is 1. The normalized spacial score (nSPS) is 12.4. The lowest BCUT2D eigenvalue weighted by atomic mass is 10.1. The molecule has 0 spiro atoms. The molecule has 0 saturated carbocycles. The number of hydrogen-bond acceptors (Lipinski definition) is 7. The molecule has 2 rings (SSSR count). The van der Waals surface area contributed by atoms with Gasteiger partial charge >= 0.3 is 8.25 Å². The maximum atomic E-state index is 11.1. The van der Waals surface area contributed by atoms with Gasteiger partial charge < -0.3 is 19.9 Å². The standard InChI is InChI=1S/C14H15N2O6P/c1-20-11-7-9(8-12(21-2)13(11)17)14(22-23(18)19)16-10-3-5-15-6-4-10/h3-8,14H,1-2H3,(H2-,15,16,17,18,19)/p+1. The maximum Gasteiger partial charge on any atom is 0.697 e. The van der Waals surface area contributed by atoms with Crippen LogP contribution < -0.4 is 14.8 Å². The zero-order valence-electron chi connectivity index (χ0n) is 12.5. The van der Waals surface area contributed by atoms with E-state index in [2.05, 4.69) is 10.3 Å². The van der Waals surface area contributed by atoms with Crippen LogP contribution in [0.1, 0.15) is 11.8 Å². The van der Waals surface area contributed by atoms with E-state index in [1.165, 1.54) is 26.4 Å². The highest BCUT2D eigenvalue weighted by atomic mass is 31.1. The summed E-state index contributed by atoms with van der Waals surface area (Å²) >= 11 is 0. The van der Waals surface area contributed by atoms with Crippen LogP contribution in [0.3, 0.4) is 0 Å². The summed E-state index contributed by atoms with van der Waals surface area (Å²) in [5, 5.41) is 12.9. The third kappa shape index (κ3) is 4.29. The Bertz CT molecular complexity index is 657. The molecule has 0 aliphatic heterocycles. The average Bonchev–Trinajstić information content (AvgIpc) is 2.55. The van der Waals surface area contributed by atoms with Crippen LogP contribution in [0, 0.1) is 0 Å². The SMILES string of the molecule is COc1cc(C(Nc2ccncc2)O[P+](=O)O)cc(OC)c1O. The monoisotopic (exact) mass is 339 g/mol. The van der Waals surface area contributed by atoms with Crippen molar-refractivity contribution >= 4 is 13.9 Å². The van der Waals surface area contributed by atoms with Gasteiger partial charge in [-0.05, 0) is 24.3 Å². The largest absolute Gasteiger partial charge is 0.697 e. The lowest BCUT2D eigenvalue weighted by molar-refractivity contribution is 0.215. The van der Waals surface area contributed by atoms with E-state index in [9.17, 15) is 9.67 Å². The first kappa shape index (κ1) is 17.0. The first-order chi connectivity index (χ1) is 11.0. The molecule has 0 fully saturated rings. The second-order valence-corrected chi connectivity index (χ2v) is 5.06. The molecular weight excluding hydrogens is 323 g/mol. The molecule has 2 atom stereocenters. The molecule has 0 saturated heterocycles. The number of aromatic hydroxyl groups is 1. The van der Waals surface area contributed by atoms with Crippen molar-refractivity contribution in [3.63, 3.8) is 0 Å². The lowest BCUT2D eigenvalue weighted by Gasteiger charge is -2.17. The summed E-state index contributed by atoms with van der Waals surface area (Å²) in [6.07, 6.45) is 2.17. The minimum atomic E-state index is -2.87. The Hall–Kier alpha value is -2.41. The quantitative estimate of drug-likeness (QED) is 0.521. The number of ether oxygens (including phenoxy) is 2. The summed E-state index contributed by atoms with van der Waals surface area (Å²) in [5.74, 6) is 0.130. The Labute approximate surface area is 133 Å². The van der Waals surface area contributed by atoms with Crippen LogP contribution in [0.5, 0.6) is 17.2 Å². The van der Waals surface area contributed by atoms with Gasteiger partial charge in [-0.1, -0.05) is 4.52 Å². The molecule has 1 aromatic heterocycles. The number of rotatable bonds is 7. The maximum absolute atomic E-state index is 11.1. The topological polar surface area (TPSA) is 110 Å². The lowest BCUT2D eigenvalue weighted by Crippen LogP contribution is -2.12. The van der Waals surface area contributed by atoms with Gasteiger partial charge in [0.2, 0.25) is 12.0 Å². The predicted molar refractivity (Wildman–Crippen MR) is 82.7 cm³/mol. The number of phenols is 1. The van der Waals surface area contributed by atoms with Gasteiger partial charge in [0.15, 0.2) is 11.5 Å². The predicted octanol–water partition coefficient (Wildman–Crippen LogP) is 2.58. The zero-order chi connectivity index (χ0) is 16.8. The van der Waals surface area contributed by atoms with Gasteiger partial charge in [0, 0.05) is 28.2 Å². The summed E-state index contributed by atoms with van der Waals surface area (Å²) < 4.78 is 26.3. The Balaban J connectivity index is 2.40. The van der Waals surface area contributed by atoms with E-state index in [4.69, 9.17) is 18.9 Å². The summed E-state index contributed by atoms with van der Waals surface area (Å²) in [7, 11) is -0.0956. The number of nitrogens with zero attached hydrogens (tertiary/aromatic N) is 1. The molecule has 9 heteroatoms. The van der Waals surface area contributed by atoms with Crippen LogP contribution in [0.2, 0.25) is 0 Å². The molecule has 1 aromatic carbocycles. The second kappa shape index (κ2) is 7.73. The Morgan fingerprint density at radius 1 is 1.17 bits per heavy atom. The van der Waals surface area contributed by atoms with Crippen LogP contribution in [0.4, 0.5) is 5.69 Å². The fourth-order valence-corrected chi connectivity index (χ4v) is 2.28. The van der Waals surface area contributed by atoms with Crippen LogP contribution in [-0.4, -0.2) is 29.2 Å². The second-order valence-electron chi connectivity index (χ2n) is 4.38. The van der Waals surface area contributed by atoms with E-state index in [1.807, 2.05) is 0 Å². The summed E-state index contributed by atoms with van der Waals surface area (Å²) in [5.41, 5.74) is 1.07. The fourth-order valence-electron chi connectivity index (χ4n) is 1.93. The van der Waals surface area contributed by atoms with Gasteiger partial charge in [-0.15, -0.1) is 4.89 Å². The number of pyridine rings is 1. The van der Waals surface area contributed by atoms with Gasteiger partial charge in [0.05, 0.1) is 14.2 Å². The first-order valence-electron chi connectivity index (χ1n) is 6.49. The highest BCUT2D eigenvalue weighted by molar-refractivity contribution is 7.32. The number of phenolic OH excluding ortho intramolecular Hbond substituents is 1. The van der Waals surface area contributed by atoms with Crippen LogP contribution >= 0.6 is 8.25 Å². The van der Waals surface area contributed by atoms with E-state index >= 15 is 0 Å². The smallest absolute Gasteiger partial charge is 0.502 e. The van der Waals surface area contributed by atoms with Crippen molar-refractivity contribution < 1.29 is 28.6 Å². The average molecular weight is 339 g/mol. The molecule has 0 amide bonds. The van der Waals surface area contributed by atoms with E-state index in [0.717, 1.165) is 0 Å².